The summed E-state index contributed by atoms with van der Waals surface area (Å²) in [6, 6.07) is 7.21. The lowest BCUT2D eigenvalue weighted by atomic mass is 10.1. The highest BCUT2D eigenvalue weighted by molar-refractivity contribution is 6.30. The molecule has 0 aliphatic heterocycles. The first-order valence-electron chi connectivity index (χ1n) is 8.36. The lowest BCUT2D eigenvalue weighted by molar-refractivity contribution is -0.146. The molecule has 6 heteroatoms. The maximum atomic E-state index is 12.5. The molecular weight excluding hydrogens is 342 g/mol. The van der Waals surface area contributed by atoms with Crippen LogP contribution in [0, 0.1) is 5.92 Å². The van der Waals surface area contributed by atoms with Crippen molar-refractivity contribution in [3.05, 3.63) is 40.9 Å². The molecule has 138 valence electrons. The Labute approximate surface area is 154 Å². The summed E-state index contributed by atoms with van der Waals surface area (Å²) in [6.45, 7) is 5.72. The van der Waals surface area contributed by atoms with Gasteiger partial charge in [0.15, 0.2) is 0 Å². The smallest absolute Gasteiger partial charge is 0.310 e. The summed E-state index contributed by atoms with van der Waals surface area (Å²) in [6.07, 6.45) is 3.95. The number of hydrogen-bond acceptors (Lipinski definition) is 4. The summed E-state index contributed by atoms with van der Waals surface area (Å²) >= 11 is 5.85. The quantitative estimate of drug-likeness (QED) is 0.361. The zero-order valence-corrected chi connectivity index (χ0v) is 15.8. The Morgan fingerprint density at radius 2 is 1.96 bits per heavy atom. The largest absolute Gasteiger partial charge is 0.469 e. The third kappa shape index (κ3) is 8.18. The lowest BCUT2D eigenvalue weighted by Crippen LogP contribution is -2.37. The van der Waals surface area contributed by atoms with Crippen molar-refractivity contribution >= 4 is 29.6 Å². The van der Waals surface area contributed by atoms with Crippen LogP contribution in [0.5, 0.6) is 0 Å². The van der Waals surface area contributed by atoms with Crippen molar-refractivity contribution in [3.8, 4) is 0 Å². The fraction of sp³-hybridized carbons (Fsp3) is 0.474. The van der Waals surface area contributed by atoms with Gasteiger partial charge in [-0.15, -0.1) is 0 Å². The third-order valence-electron chi connectivity index (χ3n) is 3.62. The van der Waals surface area contributed by atoms with Crippen LogP contribution < -0.4 is 0 Å². The normalized spacial score (nSPS) is 12.2. The molecular formula is C19H26ClNO4. The molecule has 0 radical (unpaired) electrons. The van der Waals surface area contributed by atoms with Crippen LogP contribution in [0.15, 0.2) is 30.3 Å². The van der Waals surface area contributed by atoms with Crippen LogP contribution in [0.3, 0.4) is 0 Å². The number of carbonyl (C=O) groups excluding carboxylic acids is 2. The number of nitrogens with zero attached hydrogens (tertiary/aromatic N) is 1. The fourth-order valence-corrected chi connectivity index (χ4v) is 2.37. The first-order valence-corrected chi connectivity index (χ1v) is 8.73. The van der Waals surface area contributed by atoms with Gasteiger partial charge in [-0.05, 0) is 37.1 Å². The summed E-state index contributed by atoms with van der Waals surface area (Å²) in [5.74, 6) is -0.864. The Morgan fingerprint density at radius 1 is 1.28 bits per heavy atom. The van der Waals surface area contributed by atoms with E-state index in [-0.39, 0.29) is 17.8 Å². The third-order valence-corrected chi connectivity index (χ3v) is 3.87. The number of rotatable bonds is 10. The van der Waals surface area contributed by atoms with Crippen molar-refractivity contribution in [3.63, 3.8) is 0 Å². The van der Waals surface area contributed by atoms with Gasteiger partial charge in [0, 0.05) is 37.4 Å². The van der Waals surface area contributed by atoms with Crippen molar-refractivity contribution in [1.29, 1.82) is 0 Å². The highest BCUT2D eigenvalue weighted by Crippen LogP contribution is 2.11. The van der Waals surface area contributed by atoms with Gasteiger partial charge in [0.25, 0.3) is 0 Å². The minimum absolute atomic E-state index is 0.151. The van der Waals surface area contributed by atoms with E-state index < -0.39 is 0 Å². The fourth-order valence-electron chi connectivity index (χ4n) is 2.25. The predicted molar refractivity (Wildman–Crippen MR) is 99.4 cm³/mol. The van der Waals surface area contributed by atoms with Crippen LogP contribution in [-0.4, -0.2) is 50.2 Å². The number of ether oxygens (including phenoxy) is 2. The van der Waals surface area contributed by atoms with Crippen molar-refractivity contribution in [2.24, 2.45) is 5.92 Å². The molecule has 0 aromatic heterocycles. The summed E-state index contributed by atoms with van der Waals surface area (Å²) in [7, 11) is 1.35. The van der Waals surface area contributed by atoms with E-state index in [1.807, 2.05) is 19.1 Å². The maximum Gasteiger partial charge on any atom is 0.310 e. The Morgan fingerprint density at radius 3 is 2.56 bits per heavy atom. The van der Waals surface area contributed by atoms with Crippen molar-refractivity contribution in [1.82, 2.24) is 4.90 Å². The number of methoxy groups -OCH3 is 1. The molecule has 0 aliphatic carbocycles. The van der Waals surface area contributed by atoms with Crippen LogP contribution >= 0.6 is 11.6 Å². The minimum Gasteiger partial charge on any atom is -0.469 e. The first-order chi connectivity index (χ1) is 12.0. The van der Waals surface area contributed by atoms with Crippen LogP contribution in [0.25, 0.3) is 6.08 Å². The monoisotopic (exact) mass is 367 g/mol. The Bertz CT molecular complexity index is 571. The average Bonchev–Trinajstić information content (AvgIpc) is 2.62. The molecule has 0 saturated heterocycles. The van der Waals surface area contributed by atoms with Gasteiger partial charge in [-0.1, -0.05) is 30.7 Å². The van der Waals surface area contributed by atoms with Crippen molar-refractivity contribution in [2.75, 3.05) is 33.4 Å². The maximum absolute atomic E-state index is 12.5. The summed E-state index contributed by atoms with van der Waals surface area (Å²) in [5, 5.41) is 0.646. The van der Waals surface area contributed by atoms with Gasteiger partial charge in [0.1, 0.15) is 0 Å². The molecule has 1 aromatic rings. The van der Waals surface area contributed by atoms with Gasteiger partial charge < -0.3 is 14.4 Å². The van der Waals surface area contributed by atoms with E-state index in [4.69, 9.17) is 21.1 Å². The van der Waals surface area contributed by atoms with E-state index in [0.29, 0.717) is 37.7 Å². The van der Waals surface area contributed by atoms with Crippen molar-refractivity contribution in [2.45, 2.75) is 20.3 Å². The molecule has 0 saturated carbocycles. The molecule has 0 heterocycles. The molecule has 1 aromatic carbocycles. The Kier molecular flexibility index (Phi) is 9.88. The zero-order chi connectivity index (χ0) is 18.7. The van der Waals surface area contributed by atoms with Gasteiger partial charge >= 0.3 is 5.97 Å². The van der Waals surface area contributed by atoms with Crippen LogP contribution in [0.1, 0.15) is 25.8 Å². The number of benzene rings is 1. The SMILES string of the molecule is CCOCCCN(CC(C)C(=O)OC)C(=O)/C=C/c1ccc(Cl)cc1. The number of halogens is 1. The molecule has 0 N–H and O–H groups in total. The second-order valence-corrected chi connectivity index (χ2v) is 6.08. The average molecular weight is 368 g/mol. The zero-order valence-electron chi connectivity index (χ0n) is 15.0. The van der Waals surface area contributed by atoms with E-state index in [0.717, 1.165) is 5.56 Å². The number of amides is 1. The highest BCUT2D eigenvalue weighted by Gasteiger charge is 2.20. The number of hydrogen-bond donors (Lipinski definition) is 0. The van der Waals surface area contributed by atoms with Gasteiger partial charge in [-0.2, -0.15) is 0 Å². The molecule has 1 rings (SSSR count). The molecule has 5 nitrogen and oxygen atoms in total. The minimum atomic E-state index is -0.384. The highest BCUT2D eigenvalue weighted by atomic mass is 35.5. The van der Waals surface area contributed by atoms with Crippen LogP contribution in [0.4, 0.5) is 0 Å². The lowest BCUT2D eigenvalue weighted by Gasteiger charge is -2.24. The summed E-state index contributed by atoms with van der Waals surface area (Å²) < 4.78 is 10.1. The number of carbonyl (C=O) groups is 2. The Hall–Kier alpha value is -1.85. The second-order valence-electron chi connectivity index (χ2n) is 5.64. The molecule has 0 spiro atoms. The molecule has 1 unspecified atom stereocenters. The summed E-state index contributed by atoms with van der Waals surface area (Å²) in [5.41, 5.74) is 0.882. The van der Waals surface area contributed by atoms with Crippen LogP contribution in [0.2, 0.25) is 5.02 Å². The Balaban J connectivity index is 2.72. The van der Waals surface area contributed by atoms with Gasteiger partial charge in [-0.3, -0.25) is 9.59 Å². The molecule has 25 heavy (non-hydrogen) atoms. The second kappa shape index (κ2) is 11.7. The van der Waals surface area contributed by atoms with Gasteiger partial charge in [0.2, 0.25) is 5.91 Å². The van der Waals surface area contributed by atoms with Gasteiger partial charge in [-0.25, -0.2) is 0 Å². The van der Waals surface area contributed by atoms with Crippen LogP contribution in [-0.2, 0) is 19.1 Å². The summed E-state index contributed by atoms with van der Waals surface area (Å²) in [4.78, 5) is 25.8. The van der Waals surface area contributed by atoms with E-state index in [1.165, 1.54) is 13.2 Å². The molecule has 0 aliphatic rings. The van der Waals surface area contributed by atoms with E-state index in [1.54, 1.807) is 30.0 Å². The topological polar surface area (TPSA) is 55.8 Å². The van der Waals surface area contributed by atoms with Crippen molar-refractivity contribution < 1.29 is 19.1 Å². The first kappa shape index (κ1) is 21.2. The molecule has 0 fully saturated rings. The molecule has 1 atom stereocenters. The standard InChI is InChI=1S/C19H26ClNO4/c1-4-25-13-5-12-21(14-15(2)19(23)24-3)18(22)11-8-16-6-9-17(20)10-7-16/h6-11,15H,4-5,12-14H2,1-3H3/b11-8+. The molecule has 0 bridgehead atoms. The van der Waals surface area contributed by atoms with E-state index in [2.05, 4.69) is 0 Å². The molecule has 1 amide bonds. The van der Waals surface area contributed by atoms with Gasteiger partial charge in [0.05, 0.1) is 13.0 Å². The van der Waals surface area contributed by atoms with E-state index >= 15 is 0 Å². The number of esters is 1. The van der Waals surface area contributed by atoms with E-state index in [9.17, 15) is 9.59 Å². The predicted octanol–water partition coefficient (Wildman–Crippen LogP) is 3.42.